The quantitative estimate of drug-likeness (QED) is 0.365. The summed E-state index contributed by atoms with van der Waals surface area (Å²) in [6.07, 6.45) is 2.48. The van der Waals surface area contributed by atoms with E-state index in [0.29, 0.717) is 61.8 Å². The normalized spacial score (nSPS) is 21.6. The number of rotatable bonds is 8. The summed E-state index contributed by atoms with van der Waals surface area (Å²) in [7, 11) is -3.24. The Morgan fingerprint density at radius 1 is 1.07 bits per heavy atom. The number of carbonyl (C=O) groups is 1. The first kappa shape index (κ1) is 28.5. The summed E-state index contributed by atoms with van der Waals surface area (Å²) in [6.45, 7) is 5.12. The van der Waals surface area contributed by atoms with E-state index in [4.69, 9.17) is 19.3 Å². The summed E-state index contributed by atoms with van der Waals surface area (Å²) in [6, 6.07) is 12.7. The van der Waals surface area contributed by atoms with Crippen LogP contribution in [0.4, 0.5) is 4.39 Å². The van der Waals surface area contributed by atoms with Crippen LogP contribution in [0.1, 0.15) is 59.1 Å². The van der Waals surface area contributed by atoms with Gasteiger partial charge in [0.1, 0.15) is 35.3 Å². The predicted molar refractivity (Wildman–Crippen MR) is 155 cm³/mol. The molecule has 2 heterocycles. The minimum absolute atomic E-state index is 0.00546. The maximum atomic E-state index is 15.3. The van der Waals surface area contributed by atoms with Crippen molar-refractivity contribution in [2.45, 2.75) is 57.7 Å². The van der Waals surface area contributed by atoms with Crippen molar-refractivity contribution in [2.24, 2.45) is 0 Å². The van der Waals surface area contributed by atoms with E-state index in [1.54, 1.807) is 12.1 Å². The third-order valence-electron chi connectivity index (χ3n) is 8.50. The molecule has 10 heteroatoms. The Bertz CT molecular complexity index is 1650. The lowest BCUT2D eigenvalue weighted by Crippen LogP contribution is -2.29. The third-order valence-corrected chi connectivity index (χ3v) is 9.77. The molecule has 222 valence electrons. The number of sulfonamides is 1. The molecular weight excluding hydrogens is 561 g/mol. The minimum Gasteiger partial charge on any atom is -0.492 e. The molecule has 1 fully saturated rings. The van der Waals surface area contributed by atoms with Gasteiger partial charge in [-0.15, -0.1) is 0 Å². The van der Waals surface area contributed by atoms with Crippen LogP contribution in [0.15, 0.2) is 42.5 Å². The molecule has 3 atom stereocenters. The van der Waals surface area contributed by atoms with Crippen LogP contribution in [-0.4, -0.2) is 55.9 Å². The van der Waals surface area contributed by atoms with E-state index in [2.05, 4.69) is 0 Å². The zero-order valence-electron chi connectivity index (χ0n) is 23.9. The van der Waals surface area contributed by atoms with Gasteiger partial charge in [-0.3, -0.25) is 4.79 Å². The van der Waals surface area contributed by atoms with E-state index in [1.165, 1.54) is 16.6 Å². The van der Waals surface area contributed by atoms with E-state index in [1.807, 2.05) is 38.1 Å². The van der Waals surface area contributed by atoms with Crippen LogP contribution in [0.2, 0.25) is 0 Å². The van der Waals surface area contributed by atoms with Gasteiger partial charge in [-0.25, -0.2) is 12.8 Å². The first-order chi connectivity index (χ1) is 20.0. The Kier molecular flexibility index (Phi) is 7.39. The molecule has 0 unspecified atom stereocenters. The van der Waals surface area contributed by atoms with Crippen molar-refractivity contribution in [3.63, 3.8) is 0 Å². The van der Waals surface area contributed by atoms with Gasteiger partial charge < -0.3 is 19.3 Å². The molecule has 1 N–H and O–H groups in total. The van der Waals surface area contributed by atoms with Crippen LogP contribution in [0.3, 0.4) is 0 Å². The molecule has 0 bridgehead atoms. The highest BCUT2D eigenvalue weighted by molar-refractivity contribution is 7.88. The molecular formula is C32H34FNO7S. The molecule has 1 saturated heterocycles. The van der Waals surface area contributed by atoms with Gasteiger partial charge in [-0.2, -0.15) is 4.31 Å². The van der Waals surface area contributed by atoms with Gasteiger partial charge in [0.25, 0.3) is 0 Å². The highest BCUT2D eigenvalue weighted by Gasteiger charge is 2.33. The fourth-order valence-electron chi connectivity index (χ4n) is 6.60. The molecule has 3 aliphatic rings. The average molecular weight is 596 g/mol. The third kappa shape index (κ3) is 5.45. The van der Waals surface area contributed by atoms with Crippen molar-refractivity contribution < 1.29 is 36.9 Å². The van der Waals surface area contributed by atoms with Crippen molar-refractivity contribution in [3.8, 4) is 28.4 Å². The van der Waals surface area contributed by atoms with E-state index >= 15 is 4.39 Å². The average Bonchev–Trinajstić information content (AvgIpc) is 3.64. The number of carboxylic acid groups (broad SMARTS) is 1. The van der Waals surface area contributed by atoms with Gasteiger partial charge in [0, 0.05) is 29.7 Å². The fourth-order valence-corrected chi connectivity index (χ4v) is 7.48. The number of aryl methyl sites for hydroxylation is 2. The topological polar surface area (TPSA) is 102 Å². The number of ether oxygens (including phenoxy) is 3. The largest absolute Gasteiger partial charge is 0.492 e. The second kappa shape index (κ2) is 10.9. The second-order valence-electron chi connectivity index (χ2n) is 11.5. The second-order valence-corrected chi connectivity index (χ2v) is 13.5. The number of benzene rings is 3. The number of halogens is 1. The predicted octanol–water partition coefficient (Wildman–Crippen LogP) is 5.54. The number of hydrogen-bond acceptors (Lipinski definition) is 6. The summed E-state index contributed by atoms with van der Waals surface area (Å²) in [4.78, 5) is 11.2. The molecule has 8 nitrogen and oxygen atoms in total. The van der Waals surface area contributed by atoms with Crippen LogP contribution in [0, 0.1) is 19.7 Å². The van der Waals surface area contributed by atoms with Crippen molar-refractivity contribution in [2.75, 3.05) is 26.0 Å². The summed E-state index contributed by atoms with van der Waals surface area (Å²) in [5.41, 5.74) is 6.32. The molecule has 6 rings (SSSR count). The maximum Gasteiger partial charge on any atom is 0.304 e. The van der Waals surface area contributed by atoms with Crippen LogP contribution < -0.4 is 14.2 Å². The summed E-state index contributed by atoms with van der Waals surface area (Å²) in [5.74, 6) is 0.500. The SMILES string of the molecule is Cc1cc(O[C@H]2CCN(S(C)(=O)=O)C2)cc(C)c1-c1ccc(F)c2c1CC[C@H]2Oc1ccc2c(c1)OC[C@H]2CC(=O)O. The Balaban J connectivity index is 1.23. The summed E-state index contributed by atoms with van der Waals surface area (Å²) >= 11 is 0. The monoisotopic (exact) mass is 595 g/mol. The molecule has 42 heavy (non-hydrogen) atoms. The van der Waals surface area contributed by atoms with Crippen molar-refractivity contribution in [3.05, 3.63) is 76.1 Å². The number of nitrogens with zero attached hydrogens (tertiary/aromatic N) is 1. The molecule has 0 aromatic heterocycles. The lowest BCUT2D eigenvalue weighted by atomic mass is 9.90. The number of aliphatic carboxylic acids is 1. The number of fused-ring (bicyclic) bond motifs is 2. The minimum atomic E-state index is -3.24. The van der Waals surface area contributed by atoms with E-state index in [0.717, 1.165) is 33.4 Å². The molecule has 0 saturated carbocycles. The fraction of sp³-hybridized carbons (Fsp3) is 0.406. The van der Waals surface area contributed by atoms with Crippen molar-refractivity contribution >= 4 is 16.0 Å². The zero-order valence-corrected chi connectivity index (χ0v) is 24.7. The van der Waals surface area contributed by atoms with Gasteiger partial charge in [0.2, 0.25) is 10.0 Å². The lowest BCUT2D eigenvalue weighted by Gasteiger charge is -2.20. The number of carboxylic acids is 1. The Morgan fingerprint density at radius 2 is 1.83 bits per heavy atom. The Hall–Kier alpha value is -3.63. The Morgan fingerprint density at radius 3 is 2.52 bits per heavy atom. The molecule has 0 amide bonds. The standard InChI is InChI=1S/C32H34FNO7S/c1-18-12-23(40-22-10-11-34(16-22)42(3,37)38)13-19(2)31(18)25-6-8-27(33)32-26(25)7-9-28(32)41-21-4-5-24-20(14-30(35)36)17-39-29(24)15-21/h4-6,8,12-13,15,20,22,28H,7,9-11,14,16-17H2,1-3H3,(H,35,36)/t20-,22+,28-/m1/s1. The zero-order chi connectivity index (χ0) is 29.8. The van der Waals surface area contributed by atoms with Crippen LogP contribution in [-0.2, 0) is 21.2 Å². The van der Waals surface area contributed by atoms with Crippen LogP contribution in [0.5, 0.6) is 17.2 Å². The summed E-state index contributed by atoms with van der Waals surface area (Å²) in [5, 5.41) is 9.16. The highest BCUT2D eigenvalue weighted by Crippen LogP contribution is 2.45. The molecule has 0 radical (unpaired) electrons. The Labute approximate surface area is 245 Å². The van der Waals surface area contributed by atoms with E-state index in [9.17, 15) is 13.2 Å². The maximum absolute atomic E-state index is 15.3. The van der Waals surface area contributed by atoms with Crippen LogP contribution >= 0.6 is 0 Å². The number of hydrogen-bond donors (Lipinski definition) is 1. The van der Waals surface area contributed by atoms with Gasteiger partial charge in [0.15, 0.2) is 0 Å². The van der Waals surface area contributed by atoms with Gasteiger partial charge in [0.05, 0.1) is 25.8 Å². The lowest BCUT2D eigenvalue weighted by molar-refractivity contribution is -0.137. The van der Waals surface area contributed by atoms with Crippen molar-refractivity contribution in [1.82, 2.24) is 4.31 Å². The van der Waals surface area contributed by atoms with E-state index in [-0.39, 0.29) is 24.3 Å². The molecule has 0 spiro atoms. The molecule has 3 aromatic carbocycles. The first-order valence-electron chi connectivity index (χ1n) is 14.2. The summed E-state index contributed by atoms with van der Waals surface area (Å²) < 4.78 is 58.7. The molecule has 3 aromatic rings. The smallest absolute Gasteiger partial charge is 0.304 e. The van der Waals surface area contributed by atoms with Crippen molar-refractivity contribution in [1.29, 1.82) is 0 Å². The molecule has 1 aliphatic carbocycles. The molecule has 2 aliphatic heterocycles. The van der Waals surface area contributed by atoms with E-state index < -0.39 is 22.1 Å². The highest BCUT2D eigenvalue weighted by atomic mass is 32.2. The van der Waals surface area contributed by atoms with Gasteiger partial charge in [-0.05, 0) is 85.2 Å². The first-order valence-corrected chi connectivity index (χ1v) is 16.0. The van der Waals surface area contributed by atoms with Gasteiger partial charge >= 0.3 is 5.97 Å². The van der Waals surface area contributed by atoms with Crippen LogP contribution in [0.25, 0.3) is 11.1 Å². The van der Waals surface area contributed by atoms with Gasteiger partial charge in [-0.1, -0.05) is 12.1 Å².